The predicted octanol–water partition coefficient (Wildman–Crippen LogP) is 3.02. The average Bonchev–Trinajstić information content (AvgIpc) is 2.29. The number of halogens is 1. The van der Waals surface area contributed by atoms with Crippen molar-refractivity contribution in [3.05, 3.63) is 45.2 Å². The Morgan fingerprint density at radius 1 is 1.40 bits per heavy atom. The fourth-order valence-electron chi connectivity index (χ4n) is 1.68. The zero-order valence-corrected chi connectivity index (χ0v) is 10.5. The predicted molar refractivity (Wildman–Crippen MR) is 67.4 cm³/mol. The second-order valence-electron chi connectivity index (χ2n) is 3.62. The maximum absolute atomic E-state index is 10.1. The van der Waals surface area contributed by atoms with Gasteiger partial charge in [0, 0.05) is 3.57 Å². The highest BCUT2D eigenvalue weighted by Gasteiger charge is 2.16. The summed E-state index contributed by atoms with van der Waals surface area (Å²) in [6.45, 7) is 0.766. The fourth-order valence-corrected chi connectivity index (χ4v) is 2.24. The molecule has 1 aromatic carbocycles. The van der Waals surface area contributed by atoms with E-state index in [4.69, 9.17) is 4.74 Å². The highest BCUT2D eigenvalue weighted by molar-refractivity contribution is 14.1. The Bertz CT molecular complexity index is 374. The number of aliphatic hydroxyl groups excluding tert-OH is 1. The van der Waals surface area contributed by atoms with E-state index in [-0.39, 0.29) is 0 Å². The van der Waals surface area contributed by atoms with E-state index in [1.54, 1.807) is 6.26 Å². The van der Waals surface area contributed by atoms with Crippen molar-refractivity contribution < 1.29 is 9.84 Å². The molecule has 0 saturated carbocycles. The van der Waals surface area contributed by atoms with E-state index in [0.717, 1.165) is 34.2 Å². The van der Waals surface area contributed by atoms with Gasteiger partial charge in [-0.05, 0) is 58.7 Å². The topological polar surface area (TPSA) is 29.5 Å². The SMILES string of the molecule is OC(C1=COCCC1)c1cccc(I)c1. The Balaban J connectivity index is 2.19. The Hall–Kier alpha value is -0.550. The molecule has 1 aliphatic rings. The average molecular weight is 316 g/mol. The third-order valence-corrected chi connectivity index (χ3v) is 3.15. The quantitative estimate of drug-likeness (QED) is 0.850. The standard InChI is InChI=1S/C12H13IO2/c13-11-5-1-3-9(7-11)12(14)10-4-2-6-15-8-10/h1,3,5,7-8,12,14H,2,4,6H2. The lowest BCUT2D eigenvalue weighted by Crippen LogP contribution is -2.07. The largest absolute Gasteiger partial charge is 0.501 e. The molecular weight excluding hydrogens is 303 g/mol. The maximum Gasteiger partial charge on any atom is 0.103 e. The normalized spacial score (nSPS) is 17.9. The summed E-state index contributed by atoms with van der Waals surface area (Å²) >= 11 is 2.25. The first kappa shape index (κ1) is 11.0. The summed E-state index contributed by atoms with van der Waals surface area (Å²) in [4.78, 5) is 0. The molecule has 0 aromatic heterocycles. The highest BCUT2D eigenvalue weighted by atomic mass is 127. The van der Waals surface area contributed by atoms with Gasteiger partial charge in [0.05, 0.1) is 12.9 Å². The molecule has 0 fully saturated rings. The monoisotopic (exact) mass is 316 g/mol. The van der Waals surface area contributed by atoms with Crippen LogP contribution in [0.5, 0.6) is 0 Å². The first-order valence-corrected chi connectivity index (χ1v) is 6.09. The van der Waals surface area contributed by atoms with E-state index in [0.29, 0.717) is 0 Å². The molecule has 15 heavy (non-hydrogen) atoms. The van der Waals surface area contributed by atoms with Crippen LogP contribution in [0, 0.1) is 3.57 Å². The second-order valence-corrected chi connectivity index (χ2v) is 4.87. The van der Waals surface area contributed by atoms with E-state index in [1.165, 1.54) is 0 Å². The number of ether oxygens (including phenoxy) is 1. The highest BCUT2D eigenvalue weighted by Crippen LogP contribution is 2.27. The van der Waals surface area contributed by atoms with E-state index in [9.17, 15) is 5.11 Å². The molecule has 0 radical (unpaired) electrons. The number of benzene rings is 1. The molecular formula is C12H13IO2. The van der Waals surface area contributed by atoms with Crippen LogP contribution in [-0.4, -0.2) is 11.7 Å². The van der Waals surface area contributed by atoms with Gasteiger partial charge in [0.15, 0.2) is 0 Å². The summed E-state index contributed by atoms with van der Waals surface area (Å²) in [6.07, 6.45) is 3.10. The summed E-state index contributed by atoms with van der Waals surface area (Å²) < 4.78 is 6.37. The van der Waals surface area contributed by atoms with Crippen molar-refractivity contribution in [2.24, 2.45) is 0 Å². The van der Waals surface area contributed by atoms with Crippen molar-refractivity contribution in [3.63, 3.8) is 0 Å². The molecule has 0 bridgehead atoms. The Kier molecular flexibility index (Phi) is 3.64. The maximum atomic E-state index is 10.1. The number of hydrogen-bond acceptors (Lipinski definition) is 2. The first-order chi connectivity index (χ1) is 7.27. The molecule has 2 nitrogen and oxygen atoms in total. The van der Waals surface area contributed by atoms with Gasteiger partial charge >= 0.3 is 0 Å². The molecule has 0 amide bonds. The molecule has 80 valence electrons. The van der Waals surface area contributed by atoms with E-state index >= 15 is 0 Å². The zero-order chi connectivity index (χ0) is 10.7. The lowest BCUT2D eigenvalue weighted by Gasteiger charge is -2.19. The van der Waals surface area contributed by atoms with Gasteiger partial charge in [-0.2, -0.15) is 0 Å². The van der Waals surface area contributed by atoms with Crippen molar-refractivity contribution in [1.82, 2.24) is 0 Å². The van der Waals surface area contributed by atoms with Crippen LogP contribution in [0.15, 0.2) is 36.1 Å². The molecule has 1 unspecified atom stereocenters. The number of hydrogen-bond donors (Lipinski definition) is 1. The Morgan fingerprint density at radius 3 is 2.93 bits per heavy atom. The summed E-state index contributed by atoms with van der Waals surface area (Å²) in [5, 5.41) is 10.1. The van der Waals surface area contributed by atoms with Crippen LogP contribution in [0.4, 0.5) is 0 Å². The van der Waals surface area contributed by atoms with Crippen LogP contribution >= 0.6 is 22.6 Å². The first-order valence-electron chi connectivity index (χ1n) is 5.01. The van der Waals surface area contributed by atoms with Gasteiger partial charge in [0.1, 0.15) is 6.10 Å². The summed E-state index contributed by atoms with van der Waals surface area (Å²) in [5.74, 6) is 0. The minimum atomic E-state index is -0.514. The van der Waals surface area contributed by atoms with Gasteiger partial charge in [0.25, 0.3) is 0 Å². The summed E-state index contributed by atoms with van der Waals surface area (Å²) in [7, 11) is 0. The van der Waals surface area contributed by atoms with Crippen LogP contribution in [0.25, 0.3) is 0 Å². The third kappa shape index (κ3) is 2.72. The fraction of sp³-hybridized carbons (Fsp3) is 0.333. The van der Waals surface area contributed by atoms with Gasteiger partial charge < -0.3 is 9.84 Å². The lowest BCUT2D eigenvalue weighted by atomic mass is 9.98. The zero-order valence-electron chi connectivity index (χ0n) is 8.32. The lowest BCUT2D eigenvalue weighted by molar-refractivity contribution is 0.170. The molecule has 1 N–H and O–H groups in total. The van der Waals surface area contributed by atoms with Crippen LogP contribution in [0.3, 0.4) is 0 Å². The molecule has 1 atom stereocenters. The van der Waals surface area contributed by atoms with Gasteiger partial charge in [0.2, 0.25) is 0 Å². The van der Waals surface area contributed by atoms with E-state index in [1.807, 2.05) is 24.3 Å². The molecule has 1 heterocycles. The number of rotatable bonds is 2. The van der Waals surface area contributed by atoms with Crippen molar-refractivity contribution in [3.8, 4) is 0 Å². The third-order valence-electron chi connectivity index (χ3n) is 2.48. The Labute approximate surface area is 103 Å². The molecule has 1 aromatic rings. The minimum absolute atomic E-state index is 0.514. The van der Waals surface area contributed by atoms with Crippen molar-refractivity contribution in [2.75, 3.05) is 6.61 Å². The molecule has 0 aliphatic carbocycles. The van der Waals surface area contributed by atoms with E-state index < -0.39 is 6.10 Å². The molecule has 3 heteroatoms. The van der Waals surface area contributed by atoms with Crippen LogP contribution in [0.2, 0.25) is 0 Å². The Morgan fingerprint density at radius 2 is 2.27 bits per heavy atom. The second kappa shape index (κ2) is 4.99. The summed E-state index contributed by atoms with van der Waals surface area (Å²) in [5.41, 5.74) is 1.92. The van der Waals surface area contributed by atoms with Crippen LogP contribution in [0.1, 0.15) is 24.5 Å². The number of aliphatic hydroxyl groups is 1. The molecule has 1 aliphatic heterocycles. The summed E-state index contributed by atoms with van der Waals surface area (Å²) in [6, 6.07) is 7.93. The van der Waals surface area contributed by atoms with Crippen LogP contribution in [-0.2, 0) is 4.74 Å². The van der Waals surface area contributed by atoms with Crippen molar-refractivity contribution in [2.45, 2.75) is 18.9 Å². The van der Waals surface area contributed by atoms with Gasteiger partial charge in [-0.25, -0.2) is 0 Å². The van der Waals surface area contributed by atoms with Crippen molar-refractivity contribution in [1.29, 1.82) is 0 Å². The van der Waals surface area contributed by atoms with Gasteiger partial charge in [-0.3, -0.25) is 0 Å². The van der Waals surface area contributed by atoms with E-state index in [2.05, 4.69) is 22.6 Å². The smallest absolute Gasteiger partial charge is 0.103 e. The molecule has 0 spiro atoms. The van der Waals surface area contributed by atoms with Gasteiger partial charge in [-0.1, -0.05) is 12.1 Å². The van der Waals surface area contributed by atoms with Crippen molar-refractivity contribution >= 4 is 22.6 Å². The van der Waals surface area contributed by atoms with Crippen LogP contribution < -0.4 is 0 Å². The van der Waals surface area contributed by atoms with Gasteiger partial charge in [-0.15, -0.1) is 0 Å². The molecule has 2 rings (SSSR count). The minimum Gasteiger partial charge on any atom is -0.501 e. The molecule has 0 saturated heterocycles.